The highest BCUT2D eigenvalue weighted by molar-refractivity contribution is 7.86. The maximum atomic E-state index is 12.4. The Morgan fingerprint density at radius 3 is 1.92 bits per heavy atom. The van der Waals surface area contributed by atoms with Crippen molar-refractivity contribution in [2.75, 3.05) is 25.7 Å². The van der Waals surface area contributed by atoms with E-state index in [-0.39, 0.29) is 11.6 Å². The molecular weight excluding hydrogens is 574 g/mol. The van der Waals surface area contributed by atoms with Crippen molar-refractivity contribution in [2.45, 2.75) is 115 Å². The minimum Gasteiger partial charge on any atom is -0.416 e. The van der Waals surface area contributed by atoms with Crippen LogP contribution in [-0.4, -0.2) is 99.0 Å². The van der Waals surface area contributed by atoms with Crippen LogP contribution in [0.5, 0.6) is 0 Å². The van der Waals surface area contributed by atoms with E-state index >= 15 is 0 Å². The molecule has 0 aromatic rings. The standard InChI is InChI=1S/C22H43N3O11S2Si/c1-20(2,3)39(10,11)31-12-14(24-25-23)16-18(35-22(6,7)33-16)19(36-38(9,28)29)17-15(13-30-37(8,26)27)32-21(4,5)34-17/h14-19H,12-13H2,1-11H3/t14-,15-,16+,17-,18-,19-/m0/s1. The molecule has 2 fully saturated rings. The lowest BCUT2D eigenvalue weighted by Gasteiger charge is -2.38. The van der Waals surface area contributed by atoms with Gasteiger partial charge in [0.15, 0.2) is 19.9 Å². The molecule has 2 saturated heterocycles. The Morgan fingerprint density at radius 2 is 1.44 bits per heavy atom. The zero-order chi connectivity index (χ0) is 30.2. The Bertz CT molecular complexity index is 1130. The van der Waals surface area contributed by atoms with Crippen LogP contribution < -0.4 is 0 Å². The highest BCUT2D eigenvalue weighted by Crippen LogP contribution is 2.41. The normalized spacial score (nSPS) is 29.1. The van der Waals surface area contributed by atoms with Crippen molar-refractivity contribution in [3.05, 3.63) is 10.4 Å². The predicted molar refractivity (Wildman–Crippen MR) is 144 cm³/mol. The maximum absolute atomic E-state index is 12.4. The van der Waals surface area contributed by atoms with E-state index in [9.17, 15) is 22.4 Å². The molecule has 17 heteroatoms. The highest BCUT2D eigenvalue weighted by atomic mass is 32.2. The van der Waals surface area contributed by atoms with Crippen molar-refractivity contribution in [1.82, 2.24) is 0 Å². The summed E-state index contributed by atoms with van der Waals surface area (Å²) in [6.45, 7) is 16.2. The van der Waals surface area contributed by atoms with E-state index in [0.29, 0.717) is 0 Å². The van der Waals surface area contributed by atoms with Crippen LogP contribution in [0.25, 0.3) is 10.4 Å². The van der Waals surface area contributed by atoms with Gasteiger partial charge in [0.05, 0.1) is 25.2 Å². The molecule has 0 aromatic heterocycles. The molecule has 2 aliphatic rings. The summed E-state index contributed by atoms with van der Waals surface area (Å²) < 4.78 is 89.1. The SMILES string of the molecule is CC1(C)O[C@H]([C@@H](OS(C)(=O)=O)[C@H]2OC(C)(C)O[C@H]2COS(C)(=O)=O)[C@@H]([C@H](CO[Si](C)(C)C(C)(C)C)N=[N+]=[N-])O1. The van der Waals surface area contributed by atoms with Crippen molar-refractivity contribution < 1.29 is 48.6 Å². The third-order valence-electron chi connectivity index (χ3n) is 6.77. The van der Waals surface area contributed by atoms with Gasteiger partial charge in [-0.15, -0.1) is 0 Å². The van der Waals surface area contributed by atoms with Crippen LogP contribution in [0.3, 0.4) is 0 Å². The van der Waals surface area contributed by atoms with Gasteiger partial charge in [-0.2, -0.15) is 16.8 Å². The predicted octanol–water partition coefficient (Wildman–Crippen LogP) is 3.05. The lowest BCUT2D eigenvalue weighted by Crippen LogP contribution is -2.54. The second-order valence-electron chi connectivity index (χ2n) is 12.3. The van der Waals surface area contributed by atoms with Gasteiger partial charge < -0.3 is 23.4 Å². The highest BCUT2D eigenvalue weighted by Gasteiger charge is 2.57. The molecule has 2 aliphatic heterocycles. The van der Waals surface area contributed by atoms with Crippen LogP contribution in [-0.2, 0) is 52.0 Å². The van der Waals surface area contributed by atoms with Crippen molar-refractivity contribution in [2.24, 2.45) is 5.11 Å². The summed E-state index contributed by atoms with van der Waals surface area (Å²) in [6.07, 6.45) is -4.05. The van der Waals surface area contributed by atoms with Gasteiger partial charge in [-0.3, -0.25) is 8.37 Å². The van der Waals surface area contributed by atoms with Crippen LogP contribution in [0, 0.1) is 0 Å². The summed E-state index contributed by atoms with van der Waals surface area (Å²) in [7, 11) is -10.2. The first-order chi connectivity index (χ1) is 17.4. The summed E-state index contributed by atoms with van der Waals surface area (Å²) in [4.78, 5) is 2.97. The van der Waals surface area contributed by atoms with Gasteiger partial charge in [0, 0.05) is 11.5 Å². The zero-order valence-electron chi connectivity index (χ0n) is 24.5. The number of rotatable bonds is 12. The van der Waals surface area contributed by atoms with Crippen molar-refractivity contribution in [3.63, 3.8) is 0 Å². The smallest absolute Gasteiger partial charge is 0.264 e. The summed E-state index contributed by atoms with van der Waals surface area (Å²) >= 11 is 0. The molecule has 0 amide bonds. The van der Waals surface area contributed by atoms with Gasteiger partial charge in [0.25, 0.3) is 20.2 Å². The molecule has 2 rings (SSSR count). The van der Waals surface area contributed by atoms with Gasteiger partial charge in [0.1, 0.15) is 30.5 Å². The van der Waals surface area contributed by atoms with Crippen molar-refractivity contribution >= 4 is 28.6 Å². The molecule has 0 spiro atoms. The minimum atomic E-state index is -4.11. The molecule has 228 valence electrons. The molecule has 39 heavy (non-hydrogen) atoms. The topological polar surface area (TPSA) is 182 Å². The van der Waals surface area contributed by atoms with E-state index in [1.165, 1.54) is 0 Å². The monoisotopic (exact) mass is 617 g/mol. The Labute approximate surface area is 232 Å². The van der Waals surface area contributed by atoms with Crippen LogP contribution in [0.4, 0.5) is 0 Å². The minimum absolute atomic E-state index is 0.0130. The summed E-state index contributed by atoms with van der Waals surface area (Å²) in [5, 5.41) is 3.79. The fourth-order valence-electron chi connectivity index (χ4n) is 4.10. The molecule has 0 radical (unpaired) electrons. The molecule has 0 aromatic carbocycles. The van der Waals surface area contributed by atoms with Crippen molar-refractivity contribution in [3.8, 4) is 0 Å². The lowest BCUT2D eigenvalue weighted by atomic mass is 9.96. The van der Waals surface area contributed by atoms with Gasteiger partial charge >= 0.3 is 0 Å². The Kier molecular flexibility index (Phi) is 10.4. The second-order valence-corrected chi connectivity index (χ2v) is 20.4. The largest absolute Gasteiger partial charge is 0.416 e. The van der Waals surface area contributed by atoms with Gasteiger partial charge in [-0.05, 0) is 51.4 Å². The molecule has 0 N–H and O–H groups in total. The van der Waals surface area contributed by atoms with E-state index in [0.717, 1.165) is 12.5 Å². The van der Waals surface area contributed by atoms with E-state index in [2.05, 4.69) is 30.8 Å². The summed E-state index contributed by atoms with van der Waals surface area (Å²) in [5.74, 6) is -2.47. The average Bonchev–Trinajstić information content (AvgIpc) is 3.20. The first-order valence-corrected chi connectivity index (χ1v) is 19.0. The molecule has 2 heterocycles. The summed E-state index contributed by atoms with van der Waals surface area (Å²) in [5.41, 5.74) is 9.37. The molecule has 0 unspecified atom stereocenters. The molecule has 0 bridgehead atoms. The first-order valence-electron chi connectivity index (χ1n) is 12.5. The van der Waals surface area contributed by atoms with Gasteiger partial charge in [-0.1, -0.05) is 25.9 Å². The Morgan fingerprint density at radius 1 is 0.923 bits per heavy atom. The Hall–Kier alpha value is -0.853. The van der Waals surface area contributed by atoms with Crippen LogP contribution >= 0.6 is 0 Å². The molecule has 14 nitrogen and oxygen atoms in total. The fraction of sp³-hybridized carbons (Fsp3) is 1.00. The fourth-order valence-corrected chi connectivity index (χ4v) is 6.12. The van der Waals surface area contributed by atoms with E-state index in [4.69, 9.17) is 31.7 Å². The third-order valence-corrected chi connectivity index (χ3v) is 12.4. The van der Waals surface area contributed by atoms with Crippen LogP contribution in [0.15, 0.2) is 5.11 Å². The maximum Gasteiger partial charge on any atom is 0.264 e. The second kappa shape index (κ2) is 11.8. The number of nitrogens with zero attached hydrogens (tertiary/aromatic N) is 3. The Balaban J connectivity index is 2.52. The third kappa shape index (κ3) is 9.88. The van der Waals surface area contributed by atoms with E-state index < -0.39 is 83.3 Å². The molecule has 0 saturated carbocycles. The lowest BCUT2D eigenvalue weighted by molar-refractivity contribution is -0.174. The van der Waals surface area contributed by atoms with E-state index in [1.54, 1.807) is 27.7 Å². The van der Waals surface area contributed by atoms with Gasteiger partial charge in [-0.25, -0.2) is 0 Å². The number of hydrogen-bond donors (Lipinski definition) is 0. The molecule has 0 aliphatic carbocycles. The zero-order valence-corrected chi connectivity index (χ0v) is 27.2. The van der Waals surface area contributed by atoms with Crippen molar-refractivity contribution in [1.29, 1.82) is 0 Å². The number of ether oxygens (including phenoxy) is 4. The van der Waals surface area contributed by atoms with Crippen LogP contribution in [0.1, 0.15) is 48.5 Å². The molecule has 6 atom stereocenters. The quantitative estimate of drug-likeness (QED) is 0.103. The van der Waals surface area contributed by atoms with E-state index in [1.807, 2.05) is 13.1 Å². The number of azide groups is 1. The van der Waals surface area contributed by atoms with Gasteiger partial charge in [0.2, 0.25) is 0 Å². The first kappa shape index (κ1) is 34.3. The van der Waals surface area contributed by atoms with Crippen LogP contribution in [0.2, 0.25) is 18.1 Å². The average molecular weight is 618 g/mol. The molecular formula is C22H43N3O11S2Si. The number of hydrogen-bond acceptors (Lipinski definition) is 12. The summed E-state index contributed by atoms with van der Waals surface area (Å²) in [6, 6.07) is -0.928.